The average Bonchev–Trinajstić information content (AvgIpc) is 2.17. The van der Waals surface area contributed by atoms with E-state index in [1.807, 2.05) is 24.3 Å². The summed E-state index contributed by atoms with van der Waals surface area (Å²) < 4.78 is 0. The van der Waals surface area contributed by atoms with Crippen LogP contribution in [0.25, 0.3) is 0 Å². The molecule has 0 radical (unpaired) electrons. The van der Waals surface area contributed by atoms with Gasteiger partial charge in [-0.05, 0) is 30.4 Å². The van der Waals surface area contributed by atoms with Gasteiger partial charge in [-0.15, -0.1) is 0 Å². The molecule has 0 aromatic heterocycles. The van der Waals surface area contributed by atoms with E-state index in [9.17, 15) is 5.11 Å². The van der Waals surface area contributed by atoms with Crippen molar-refractivity contribution in [2.45, 2.75) is 32.8 Å². The Balaban J connectivity index is 3.06. The topological polar surface area (TPSA) is 40.5 Å². The van der Waals surface area contributed by atoms with Gasteiger partial charge >= 0.3 is 0 Å². The lowest BCUT2D eigenvalue weighted by molar-refractivity contribution is -0.00307. The summed E-state index contributed by atoms with van der Waals surface area (Å²) in [5.74, 6) is 0.542. The molecule has 0 saturated heterocycles. The maximum Gasteiger partial charge on any atom is 0.110 e. The summed E-state index contributed by atoms with van der Waals surface area (Å²) in [5, 5.41) is 19.2. The van der Waals surface area contributed by atoms with E-state index in [2.05, 4.69) is 13.8 Å². The molecule has 1 unspecified atom stereocenters. The van der Waals surface area contributed by atoms with Crippen LogP contribution in [0.2, 0.25) is 0 Å². The van der Waals surface area contributed by atoms with Crippen molar-refractivity contribution < 1.29 is 10.2 Å². The quantitative estimate of drug-likeness (QED) is 0.795. The molecule has 1 aromatic carbocycles. The molecule has 84 valence electrons. The molecule has 1 rings (SSSR count). The lowest BCUT2D eigenvalue weighted by atomic mass is 9.88. The first-order valence-electron chi connectivity index (χ1n) is 5.39. The van der Waals surface area contributed by atoms with Crippen molar-refractivity contribution in [3.05, 3.63) is 35.4 Å². The van der Waals surface area contributed by atoms with Gasteiger partial charge in [0.2, 0.25) is 0 Å². The number of aliphatic hydroxyl groups excluding tert-OH is 1. The molecule has 0 spiro atoms. The van der Waals surface area contributed by atoms with E-state index >= 15 is 0 Å². The standard InChI is InChI=1S/C13H20O2/c1-10(2)8-11-6-4-5-7-12(11)13(3,15)9-14/h4-7,10,14-15H,8-9H2,1-3H3. The van der Waals surface area contributed by atoms with Gasteiger partial charge in [0, 0.05) is 0 Å². The van der Waals surface area contributed by atoms with E-state index in [1.54, 1.807) is 6.92 Å². The van der Waals surface area contributed by atoms with E-state index in [-0.39, 0.29) is 6.61 Å². The third-order valence-electron chi connectivity index (χ3n) is 2.53. The molecule has 0 aliphatic rings. The fourth-order valence-corrected chi connectivity index (χ4v) is 1.75. The van der Waals surface area contributed by atoms with Gasteiger partial charge < -0.3 is 10.2 Å². The summed E-state index contributed by atoms with van der Waals surface area (Å²) in [6.45, 7) is 5.68. The Hall–Kier alpha value is -0.860. The van der Waals surface area contributed by atoms with Crippen molar-refractivity contribution in [1.82, 2.24) is 0 Å². The fourth-order valence-electron chi connectivity index (χ4n) is 1.75. The maximum atomic E-state index is 10.0. The van der Waals surface area contributed by atoms with E-state index in [0.717, 1.165) is 17.5 Å². The van der Waals surface area contributed by atoms with Crippen LogP contribution < -0.4 is 0 Å². The van der Waals surface area contributed by atoms with E-state index in [1.165, 1.54) is 0 Å². The molecular weight excluding hydrogens is 188 g/mol. The van der Waals surface area contributed by atoms with Gasteiger partial charge in [0.25, 0.3) is 0 Å². The Morgan fingerprint density at radius 2 is 1.87 bits per heavy atom. The molecule has 0 fully saturated rings. The van der Waals surface area contributed by atoms with Gasteiger partial charge in [0.1, 0.15) is 5.60 Å². The third kappa shape index (κ3) is 3.05. The lowest BCUT2D eigenvalue weighted by Crippen LogP contribution is -2.27. The van der Waals surface area contributed by atoms with Crippen LogP contribution in [0.5, 0.6) is 0 Å². The van der Waals surface area contributed by atoms with Crippen molar-refractivity contribution in [2.24, 2.45) is 5.92 Å². The zero-order valence-corrected chi connectivity index (χ0v) is 9.70. The van der Waals surface area contributed by atoms with Gasteiger partial charge in [-0.1, -0.05) is 38.1 Å². The zero-order chi connectivity index (χ0) is 11.5. The van der Waals surface area contributed by atoms with Crippen LogP contribution in [0.15, 0.2) is 24.3 Å². The Bertz CT molecular complexity index is 316. The first kappa shape index (κ1) is 12.2. The first-order chi connectivity index (χ1) is 6.97. The van der Waals surface area contributed by atoms with E-state index < -0.39 is 5.60 Å². The molecule has 0 aliphatic carbocycles. The summed E-state index contributed by atoms with van der Waals surface area (Å²) >= 11 is 0. The Morgan fingerprint density at radius 1 is 1.27 bits per heavy atom. The zero-order valence-electron chi connectivity index (χ0n) is 9.70. The summed E-state index contributed by atoms with van der Waals surface area (Å²) in [6.07, 6.45) is 0.923. The highest BCUT2D eigenvalue weighted by Crippen LogP contribution is 2.25. The first-order valence-corrected chi connectivity index (χ1v) is 5.39. The fraction of sp³-hybridized carbons (Fsp3) is 0.538. The van der Waals surface area contributed by atoms with Crippen molar-refractivity contribution >= 4 is 0 Å². The SMILES string of the molecule is CC(C)Cc1ccccc1C(C)(O)CO. The monoisotopic (exact) mass is 208 g/mol. The summed E-state index contributed by atoms with van der Waals surface area (Å²) in [5.41, 5.74) is 0.818. The minimum atomic E-state index is -1.13. The molecule has 0 heterocycles. The van der Waals surface area contributed by atoms with Crippen LogP contribution in [-0.2, 0) is 12.0 Å². The number of hydrogen-bond donors (Lipinski definition) is 2. The number of rotatable bonds is 4. The predicted molar refractivity (Wildman–Crippen MR) is 61.6 cm³/mol. The third-order valence-corrected chi connectivity index (χ3v) is 2.53. The van der Waals surface area contributed by atoms with Gasteiger partial charge in [-0.3, -0.25) is 0 Å². The van der Waals surface area contributed by atoms with E-state index in [4.69, 9.17) is 5.11 Å². The van der Waals surface area contributed by atoms with Crippen LogP contribution in [0, 0.1) is 5.92 Å². The molecule has 0 amide bonds. The molecule has 0 bridgehead atoms. The minimum absolute atomic E-state index is 0.248. The second-order valence-corrected chi connectivity index (χ2v) is 4.69. The number of benzene rings is 1. The number of aliphatic hydroxyl groups is 2. The van der Waals surface area contributed by atoms with Gasteiger partial charge in [-0.25, -0.2) is 0 Å². The number of hydrogen-bond acceptors (Lipinski definition) is 2. The largest absolute Gasteiger partial charge is 0.393 e. The smallest absolute Gasteiger partial charge is 0.110 e. The van der Waals surface area contributed by atoms with Gasteiger partial charge in [0.05, 0.1) is 6.61 Å². The average molecular weight is 208 g/mol. The van der Waals surface area contributed by atoms with Crippen molar-refractivity contribution in [2.75, 3.05) is 6.61 Å². The lowest BCUT2D eigenvalue weighted by Gasteiger charge is -2.24. The normalized spacial score (nSPS) is 15.3. The van der Waals surface area contributed by atoms with Crippen LogP contribution in [0.4, 0.5) is 0 Å². The highest BCUT2D eigenvalue weighted by molar-refractivity contribution is 5.32. The molecule has 2 N–H and O–H groups in total. The second-order valence-electron chi connectivity index (χ2n) is 4.69. The second kappa shape index (κ2) is 4.77. The highest BCUT2D eigenvalue weighted by atomic mass is 16.3. The van der Waals surface area contributed by atoms with Crippen LogP contribution in [0.1, 0.15) is 31.9 Å². The molecule has 0 aliphatic heterocycles. The van der Waals surface area contributed by atoms with Crippen LogP contribution >= 0.6 is 0 Å². The Labute approximate surface area is 91.6 Å². The summed E-state index contributed by atoms with van der Waals surface area (Å²) in [7, 11) is 0. The molecule has 2 heteroatoms. The molecule has 0 saturated carbocycles. The predicted octanol–water partition coefficient (Wildman–Crippen LogP) is 2.08. The van der Waals surface area contributed by atoms with Crippen LogP contribution in [-0.4, -0.2) is 16.8 Å². The molecule has 2 nitrogen and oxygen atoms in total. The van der Waals surface area contributed by atoms with E-state index in [0.29, 0.717) is 5.92 Å². The molecule has 15 heavy (non-hydrogen) atoms. The van der Waals surface area contributed by atoms with Crippen molar-refractivity contribution in [3.8, 4) is 0 Å². The van der Waals surface area contributed by atoms with Crippen molar-refractivity contribution in [1.29, 1.82) is 0 Å². The molecule has 1 aromatic rings. The Morgan fingerprint density at radius 3 is 2.40 bits per heavy atom. The Kier molecular flexibility index (Phi) is 3.89. The van der Waals surface area contributed by atoms with Gasteiger partial charge in [-0.2, -0.15) is 0 Å². The molecule has 1 atom stereocenters. The van der Waals surface area contributed by atoms with Crippen molar-refractivity contribution in [3.63, 3.8) is 0 Å². The summed E-state index contributed by atoms with van der Waals surface area (Å²) in [4.78, 5) is 0. The maximum absolute atomic E-state index is 10.0. The van der Waals surface area contributed by atoms with Gasteiger partial charge in [0.15, 0.2) is 0 Å². The highest BCUT2D eigenvalue weighted by Gasteiger charge is 2.24. The van der Waals surface area contributed by atoms with Crippen LogP contribution in [0.3, 0.4) is 0 Å². The minimum Gasteiger partial charge on any atom is -0.393 e. The summed E-state index contributed by atoms with van der Waals surface area (Å²) in [6, 6.07) is 7.76. The molecular formula is C13H20O2.